The van der Waals surface area contributed by atoms with E-state index in [1.807, 2.05) is 30.3 Å². The summed E-state index contributed by atoms with van der Waals surface area (Å²) in [5.74, 6) is 1.83. The van der Waals surface area contributed by atoms with Gasteiger partial charge >= 0.3 is 0 Å². The van der Waals surface area contributed by atoms with Gasteiger partial charge in [-0.2, -0.15) is 15.1 Å². The van der Waals surface area contributed by atoms with Gasteiger partial charge in [-0.1, -0.05) is 29.8 Å². The number of aromatic nitrogens is 7. The van der Waals surface area contributed by atoms with Crippen LogP contribution in [0.15, 0.2) is 59.8 Å². The highest BCUT2D eigenvalue weighted by atomic mass is 35.5. The molecule has 160 valence electrons. The first kappa shape index (κ1) is 18.8. The molecule has 0 aliphatic carbocycles. The second-order valence-corrected chi connectivity index (χ2v) is 8.03. The molecule has 0 saturated carbocycles. The summed E-state index contributed by atoms with van der Waals surface area (Å²) in [5, 5.41) is 5.20. The maximum Gasteiger partial charge on any atom is 0.284 e. The van der Waals surface area contributed by atoms with E-state index in [4.69, 9.17) is 22.4 Å². The van der Waals surface area contributed by atoms with Crippen molar-refractivity contribution in [1.82, 2.24) is 33.5 Å². The molecular formula is C21H18ClN9O. The third-order valence-electron chi connectivity index (χ3n) is 5.75. The van der Waals surface area contributed by atoms with E-state index >= 15 is 0 Å². The molecule has 0 radical (unpaired) electrons. The number of nitrogens with two attached hydrogens (primary N) is 1. The summed E-state index contributed by atoms with van der Waals surface area (Å²) < 4.78 is 4.99. The number of hydrogen-bond donors (Lipinski definition) is 1. The van der Waals surface area contributed by atoms with E-state index in [-0.39, 0.29) is 17.5 Å². The molecule has 1 atom stereocenters. The van der Waals surface area contributed by atoms with Gasteiger partial charge in [0.2, 0.25) is 17.7 Å². The molecule has 1 aromatic carbocycles. The van der Waals surface area contributed by atoms with Crippen molar-refractivity contribution in [2.45, 2.75) is 18.9 Å². The van der Waals surface area contributed by atoms with Crippen LogP contribution < -0.4 is 16.2 Å². The Morgan fingerprint density at radius 2 is 1.94 bits per heavy atom. The van der Waals surface area contributed by atoms with Gasteiger partial charge in [-0.15, -0.1) is 0 Å². The molecule has 11 heteroatoms. The maximum atomic E-state index is 13.6. The average molecular weight is 448 g/mol. The van der Waals surface area contributed by atoms with Crippen LogP contribution in [0.3, 0.4) is 0 Å². The highest BCUT2D eigenvalue weighted by Gasteiger charge is 2.34. The van der Waals surface area contributed by atoms with Gasteiger partial charge in [-0.3, -0.25) is 13.8 Å². The van der Waals surface area contributed by atoms with Crippen molar-refractivity contribution in [2.75, 3.05) is 17.2 Å². The summed E-state index contributed by atoms with van der Waals surface area (Å²) in [6.45, 7) is 0.726. The second kappa shape index (κ2) is 7.06. The van der Waals surface area contributed by atoms with Crippen molar-refractivity contribution in [2.24, 2.45) is 0 Å². The Kier molecular flexibility index (Phi) is 4.15. The highest BCUT2D eigenvalue weighted by Crippen LogP contribution is 2.35. The van der Waals surface area contributed by atoms with Gasteiger partial charge in [0.05, 0.1) is 16.8 Å². The number of rotatable bonds is 3. The normalized spacial score (nSPS) is 16.4. The predicted octanol–water partition coefficient (Wildman–Crippen LogP) is 2.50. The molecule has 5 heterocycles. The molecule has 1 aliphatic rings. The van der Waals surface area contributed by atoms with Gasteiger partial charge in [-0.05, 0) is 31.0 Å². The van der Waals surface area contributed by atoms with Gasteiger partial charge in [0.25, 0.3) is 5.56 Å². The summed E-state index contributed by atoms with van der Waals surface area (Å²) in [4.78, 5) is 28.6. The van der Waals surface area contributed by atoms with E-state index in [1.165, 1.54) is 0 Å². The monoisotopic (exact) mass is 447 g/mol. The standard InChI is InChI=1S/C21H18ClN9O/c22-14-8-11-30-16(14)18(32)31(13-5-2-1-3-6-13)17(27-30)15-7-4-10-28(15)21-26-19(23)25-20-24-9-12-29(20)21/h1-3,5-6,8-9,11-12,15H,4,7,10H2,(H2,23,24,25)/t15-/m0/s1. The molecule has 10 nitrogen and oxygen atoms in total. The van der Waals surface area contributed by atoms with Gasteiger partial charge in [0.1, 0.15) is 5.52 Å². The molecule has 4 aromatic heterocycles. The lowest BCUT2D eigenvalue weighted by Gasteiger charge is -2.27. The summed E-state index contributed by atoms with van der Waals surface area (Å²) in [6, 6.07) is 10.9. The summed E-state index contributed by atoms with van der Waals surface area (Å²) in [6.07, 6.45) is 6.85. The van der Waals surface area contributed by atoms with E-state index in [0.717, 1.165) is 25.1 Å². The third-order valence-corrected chi connectivity index (χ3v) is 6.06. The number of nitrogens with zero attached hydrogens (tertiary/aromatic N) is 8. The smallest absolute Gasteiger partial charge is 0.284 e. The largest absolute Gasteiger partial charge is 0.368 e. The molecule has 1 fully saturated rings. The third kappa shape index (κ3) is 2.76. The van der Waals surface area contributed by atoms with E-state index in [9.17, 15) is 4.79 Å². The van der Waals surface area contributed by atoms with Gasteiger partial charge in [0, 0.05) is 25.1 Å². The fraction of sp³-hybridized carbons (Fsp3) is 0.190. The Bertz CT molecular complexity index is 1520. The SMILES string of the molecule is Nc1nc(N2CCC[C@H]2c2nn3ccc(Cl)c3c(=O)n2-c2ccccc2)n2ccnc2n1. The first-order valence-electron chi connectivity index (χ1n) is 10.2. The molecule has 0 amide bonds. The first-order chi connectivity index (χ1) is 15.6. The number of benzene rings is 1. The molecule has 0 spiro atoms. The zero-order valence-electron chi connectivity index (χ0n) is 16.8. The summed E-state index contributed by atoms with van der Waals surface area (Å²) in [5.41, 5.74) is 6.81. The van der Waals surface area contributed by atoms with Crippen LogP contribution in [0.5, 0.6) is 0 Å². The number of hydrogen-bond acceptors (Lipinski definition) is 7. The second-order valence-electron chi connectivity index (χ2n) is 7.62. The van der Waals surface area contributed by atoms with Crippen LogP contribution in [0.1, 0.15) is 24.7 Å². The van der Waals surface area contributed by atoms with Crippen LogP contribution in [-0.2, 0) is 0 Å². The van der Waals surface area contributed by atoms with Crippen LogP contribution >= 0.6 is 11.6 Å². The van der Waals surface area contributed by atoms with Crippen LogP contribution in [0.25, 0.3) is 17.0 Å². The molecule has 32 heavy (non-hydrogen) atoms. The molecule has 1 saturated heterocycles. The maximum absolute atomic E-state index is 13.6. The lowest BCUT2D eigenvalue weighted by Crippen LogP contribution is -2.34. The summed E-state index contributed by atoms with van der Waals surface area (Å²) >= 11 is 6.32. The van der Waals surface area contributed by atoms with E-state index < -0.39 is 0 Å². The van der Waals surface area contributed by atoms with Gasteiger partial charge < -0.3 is 10.6 Å². The highest BCUT2D eigenvalue weighted by molar-refractivity contribution is 6.33. The molecule has 0 bridgehead atoms. The van der Waals surface area contributed by atoms with Gasteiger partial charge in [-0.25, -0.2) is 9.50 Å². The van der Waals surface area contributed by atoms with E-state index in [2.05, 4.69) is 19.9 Å². The zero-order valence-corrected chi connectivity index (χ0v) is 17.6. The Morgan fingerprint density at radius 3 is 2.78 bits per heavy atom. The van der Waals surface area contributed by atoms with Crippen molar-refractivity contribution < 1.29 is 0 Å². The molecule has 6 rings (SSSR count). The van der Waals surface area contributed by atoms with Crippen LogP contribution in [-0.4, -0.2) is 40.1 Å². The Morgan fingerprint density at radius 1 is 1.09 bits per heavy atom. The summed E-state index contributed by atoms with van der Waals surface area (Å²) in [7, 11) is 0. The van der Waals surface area contributed by atoms with Crippen molar-refractivity contribution in [3.05, 3.63) is 76.2 Å². The average Bonchev–Trinajstić information content (AvgIpc) is 3.53. The first-order valence-corrected chi connectivity index (χ1v) is 10.6. The molecule has 0 unspecified atom stereocenters. The molecule has 1 aliphatic heterocycles. The minimum atomic E-state index is -0.224. The fourth-order valence-electron chi connectivity index (χ4n) is 4.39. The minimum absolute atomic E-state index is 0.144. The van der Waals surface area contributed by atoms with Crippen LogP contribution in [0.4, 0.5) is 11.9 Å². The Balaban J connectivity index is 1.60. The van der Waals surface area contributed by atoms with E-state index in [1.54, 1.807) is 38.1 Å². The minimum Gasteiger partial charge on any atom is -0.368 e. The topological polar surface area (TPSA) is 112 Å². The number of imidazole rings is 1. The number of para-hydroxylation sites is 1. The van der Waals surface area contributed by atoms with Crippen molar-refractivity contribution in [1.29, 1.82) is 0 Å². The fourth-order valence-corrected chi connectivity index (χ4v) is 4.61. The lowest BCUT2D eigenvalue weighted by atomic mass is 10.2. The van der Waals surface area contributed by atoms with Crippen LogP contribution in [0.2, 0.25) is 5.02 Å². The van der Waals surface area contributed by atoms with Crippen LogP contribution in [0, 0.1) is 0 Å². The molecular weight excluding hydrogens is 430 g/mol. The van der Waals surface area contributed by atoms with Crippen molar-refractivity contribution in [3.63, 3.8) is 0 Å². The number of nitrogen functional groups attached to an aromatic ring is 1. The Hall–Kier alpha value is -3.92. The zero-order chi connectivity index (χ0) is 21.8. The quantitative estimate of drug-likeness (QED) is 0.452. The van der Waals surface area contributed by atoms with E-state index in [0.29, 0.717) is 28.1 Å². The van der Waals surface area contributed by atoms with Gasteiger partial charge in [0.15, 0.2) is 5.82 Å². The number of halogens is 1. The Labute approximate surface area is 186 Å². The lowest BCUT2D eigenvalue weighted by molar-refractivity contribution is 0.595. The molecule has 2 N–H and O–H groups in total. The molecule has 5 aromatic rings. The van der Waals surface area contributed by atoms with Crippen molar-refractivity contribution in [3.8, 4) is 5.69 Å². The number of anilines is 2. The predicted molar refractivity (Wildman–Crippen MR) is 120 cm³/mol. The van der Waals surface area contributed by atoms with Crippen molar-refractivity contribution >= 4 is 34.8 Å². The number of fused-ring (bicyclic) bond motifs is 2.